The van der Waals surface area contributed by atoms with Crippen molar-refractivity contribution in [3.05, 3.63) is 87.6 Å². The highest BCUT2D eigenvalue weighted by Gasteiger charge is 2.15. The first-order valence-corrected chi connectivity index (χ1v) is 12.1. The summed E-state index contributed by atoms with van der Waals surface area (Å²) in [5.41, 5.74) is 4.20. The maximum atomic E-state index is 13.4. The van der Waals surface area contributed by atoms with Gasteiger partial charge in [0.25, 0.3) is 5.91 Å². The number of hydrogen-bond donors (Lipinski definition) is 1. The second kappa shape index (κ2) is 11.2. The zero-order valence-corrected chi connectivity index (χ0v) is 20.6. The normalized spacial score (nSPS) is 12.0. The Bertz CT molecular complexity index is 1260. The molecule has 0 saturated heterocycles. The molecule has 0 fully saturated rings. The van der Waals surface area contributed by atoms with Crippen molar-refractivity contribution in [2.45, 2.75) is 33.0 Å². The van der Waals surface area contributed by atoms with E-state index in [4.69, 9.17) is 9.37 Å². The van der Waals surface area contributed by atoms with E-state index >= 15 is 0 Å². The number of nitrogens with one attached hydrogen (secondary N) is 1. The minimum atomic E-state index is -0.284. The molecule has 0 spiro atoms. The molecule has 0 bridgehead atoms. The summed E-state index contributed by atoms with van der Waals surface area (Å²) in [4.78, 5) is 15.7. The summed E-state index contributed by atoms with van der Waals surface area (Å²) in [7, 11) is 1.96. The van der Waals surface area contributed by atoms with E-state index in [0.29, 0.717) is 18.8 Å². The molecule has 182 valence electrons. The summed E-state index contributed by atoms with van der Waals surface area (Å²) in [6.45, 7) is 4.76. The average molecular weight is 495 g/mol. The summed E-state index contributed by atoms with van der Waals surface area (Å²) < 4.78 is 24.2. The van der Waals surface area contributed by atoms with E-state index in [0.717, 1.165) is 33.0 Å². The van der Waals surface area contributed by atoms with Crippen molar-refractivity contribution in [3.63, 3.8) is 0 Å². The molecular weight excluding hydrogens is 467 g/mol. The van der Waals surface area contributed by atoms with E-state index in [1.807, 2.05) is 56.6 Å². The summed E-state index contributed by atoms with van der Waals surface area (Å²) >= 11 is 1.60. The van der Waals surface area contributed by atoms with Gasteiger partial charge in [0.15, 0.2) is 6.61 Å². The number of amides is 1. The van der Waals surface area contributed by atoms with Crippen molar-refractivity contribution in [2.24, 2.45) is 0 Å². The fourth-order valence-electron chi connectivity index (χ4n) is 3.70. The van der Waals surface area contributed by atoms with Crippen LogP contribution in [0.25, 0.3) is 11.1 Å². The number of hydrogen-bond acceptors (Lipinski definition) is 7. The van der Waals surface area contributed by atoms with Gasteiger partial charge in [-0.05, 0) is 67.7 Å². The quantitative estimate of drug-likeness (QED) is 0.329. The molecule has 1 atom stereocenters. The average Bonchev–Trinajstić information content (AvgIpc) is 3.51. The highest BCUT2D eigenvalue weighted by molar-refractivity contribution is 7.10. The fourth-order valence-corrected chi connectivity index (χ4v) is 4.43. The van der Waals surface area contributed by atoms with Crippen LogP contribution in [0.15, 0.2) is 64.6 Å². The molecule has 0 aliphatic heterocycles. The van der Waals surface area contributed by atoms with Crippen molar-refractivity contribution in [1.82, 2.24) is 20.5 Å². The van der Waals surface area contributed by atoms with E-state index in [-0.39, 0.29) is 24.4 Å². The Morgan fingerprint density at radius 2 is 1.91 bits per heavy atom. The third-order valence-corrected chi connectivity index (χ3v) is 6.61. The number of rotatable bonds is 10. The lowest BCUT2D eigenvalue weighted by Crippen LogP contribution is -2.31. The summed E-state index contributed by atoms with van der Waals surface area (Å²) in [6, 6.07) is 16.0. The Morgan fingerprint density at radius 3 is 2.60 bits per heavy atom. The molecule has 2 aromatic carbocycles. The van der Waals surface area contributed by atoms with Crippen molar-refractivity contribution in [2.75, 3.05) is 13.7 Å². The smallest absolute Gasteiger partial charge is 0.258 e. The van der Waals surface area contributed by atoms with Gasteiger partial charge in [-0.2, -0.15) is 0 Å². The topological polar surface area (TPSA) is 80.5 Å². The van der Waals surface area contributed by atoms with Gasteiger partial charge in [0, 0.05) is 23.5 Å². The highest BCUT2D eigenvalue weighted by Crippen LogP contribution is 2.28. The van der Waals surface area contributed by atoms with Crippen LogP contribution in [0.2, 0.25) is 0 Å². The third kappa shape index (κ3) is 6.52. The maximum Gasteiger partial charge on any atom is 0.258 e. The van der Waals surface area contributed by atoms with Crippen LogP contribution >= 0.6 is 11.3 Å². The molecule has 1 N–H and O–H groups in total. The zero-order valence-electron chi connectivity index (χ0n) is 19.8. The van der Waals surface area contributed by atoms with E-state index in [9.17, 15) is 9.18 Å². The molecule has 4 aromatic rings. The Morgan fingerprint density at radius 1 is 1.14 bits per heavy atom. The lowest BCUT2D eigenvalue weighted by Gasteiger charge is -2.19. The number of carbonyl (C=O) groups is 1. The lowest BCUT2D eigenvalue weighted by molar-refractivity contribution is -0.123. The molecule has 9 heteroatoms. The molecule has 0 aliphatic rings. The Kier molecular flexibility index (Phi) is 7.89. The molecule has 2 heterocycles. The first kappa shape index (κ1) is 24.6. The van der Waals surface area contributed by atoms with E-state index in [2.05, 4.69) is 20.5 Å². The largest absolute Gasteiger partial charge is 0.483 e. The number of aromatic nitrogens is 2. The molecule has 4 rings (SSSR count). The second-order valence-electron chi connectivity index (χ2n) is 8.39. The van der Waals surface area contributed by atoms with Gasteiger partial charge >= 0.3 is 0 Å². The third-order valence-electron chi connectivity index (χ3n) is 5.55. The van der Waals surface area contributed by atoms with Crippen molar-refractivity contribution >= 4 is 17.2 Å². The minimum absolute atomic E-state index is 0.0862. The molecule has 0 radical (unpaired) electrons. The number of halogens is 1. The standard InChI is InChI=1S/C26H27FN4O3S/c1-17-23(30-34-29-17)15-31(3)14-21-13-20(19-6-9-22(27)10-7-19)8-11-24(21)33-16-26(32)28-18(2)25-5-4-12-35-25/h4-13,18H,14-16H2,1-3H3,(H,28,32). The van der Waals surface area contributed by atoms with Gasteiger partial charge < -0.3 is 10.1 Å². The van der Waals surface area contributed by atoms with Crippen LogP contribution in [0.5, 0.6) is 5.75 Å². The molecular formula is C26H27FN4O3S. The Hall–Kier alpha value is -3.56. The first-order valence-electron chi connectivity index (χ1n) is 11.2. The lowest BCUT2D eigenvalue weighted by atomic mass is 10.0. The maximum absolute atomic E-state index is 13.4. The second-order valence-corrected chi connectivity index (χ2v) is 9.37. The first-order chi connectivity index (χ1) is 16.9. The van der Waals surface area contributed by atoms with Crippen LogP contribution < -0.4 is 10.1 Å². The minimum Gasteiger partial charge on any atom is -0.483 e. The van der Waals surface area contributed by atoms with Gasteiger partial charge in [-0.15, -0.1) is 11.3 Å². The number of carbonyl (C=O) groups excluding carboxylic acids is 1. The number of thiophene rings is 1. The SMILES string of the molecule is Cc1nonc1CN(C)Cc1cc(-c2ccc(F)cc2)ccc1OCC(=O)NC(C)c1cccs1. The summed E-state index contributed by atoms with van der Waals surface area (Å²) in [5.74, 6) is 0.127. The van der Waals surface area contributed by atoms with Crippen LogP contribution in [0.1, 0.15) is 34.8 Å². The monoisotopic (exact) mass is 494 g/mol. The molecule has 1 amide bonds. The summed E-state index contributed by atoms with van der Waals surface area (Å²) in [5, 5.41) is 12.7. The van der Waals surface area contributed by atoms with Crippen LogP contribution in [-0.2, 0) is 17.9 Å². The van der Waals surface area contributed by atoms with Gasteiger partial charge in [-0.3, -0.25) is 9.69 Å². The Labute approximate surface area is 207 Å². The molecule has 35 heavy (non-hydrogen) atoms. The van der Waals surface area contributed by atoms with Gasteiger partial charge in [0.2, 0.25) is 0 Å². The Balaban J connectivity index is 1.49. The predicted molar refractivity (Wildman–Crippen MR) is 132 cm³/mol. The van der Waals surface area contributed by atoms with Gasteiger partial charge in [-0.1, -0.05) is 34.6 Å². The van der Waals surface area contributed by atoms with Crippen molar-refractivity contribution in [3.8, 4) is 16.9 Å². The van der Waals surface area contributed by atoms with Gasteiger partial charge in [0.1, 0.15) is 23.0 Å². The molecule has 7 nitrogen and oxygen atoms in total. The predicted octanol–water partition coefficient (Wildman–Crippen LogP) is 5.13. The van der Waals surface area contributed by atoms with Crippen molar-refractivity contribution < 1.29 is 18.6 Å². The summed E-state index contributed by atoms with van der Waals surface area (Å²) in [6.07, 6.45) is 0. The zero-order chi connectivity index (χ0) is 24.8. The number of ether oxygens (including phenoxy) is 1. The fraction of sp³-hybridized carbons (Fsp3) is 0.269. The van der Waals surface area contributed by atoms with Crippen LogP contribution in [0.4, 0.5) is 4.39 Å². The molecule has 0 aliphatic carbocycles. The number of benzene rings is 2. The molecule has 0 saturated carbocycles. The highest BCUT2D eigenvalue weighted by atomic mass is 32.1. The van der Waals surface area contributed by atoms with Crippen molar-refractivity contribution in [1.29, 1.82) is 0 Å². The van der Waals surface area contributed by atoms with E-state index < -0.39 is 0 Å². The van der Waals surface area contributed by atoms with Gasteiger partial charge in [-0.25, -0.2) is 9.02 Å². The molecule has 1 unspecified atom stereocenters. The molecule has 2 aromatic heterocycles. The van der Waals surface area contributed by atoms with Gasteiger partial charge in [0.05, 0.1) is 6.04 Å². The van der Waals surface area contributed by atoms with Crippen LogP contribution in [-0.4, -0.2) is 34.8 Å². The van der Waals surface area contributed by atoms with Crippen LogP contribution in [0, 0.1) is 12.7 Å². The van der Waals surface area contributed by atoms with E-state index in [1.54, 1.807) is 23.5 Å². The number of nitrogens with zero attached hydrogens (tertiary/aromatic N) is 3. The van der Waals surface area contributed by atoms with Crippen LogP contribution in [0.3, 0.4) is 0 Å². The van der Waals surface area contributed by atoms with E-state index in [1.165, 1.54) is 12.1 Å². The number of aryl methyl sites for hydroxylation is 1.